The molecule has 1 fully saturated rings. The number of hydrogen-bond donors (Lipinski definition) is 1. The van der Waals surface area contributed by atoms with Crippen LogP contribution in [0.3, 0.4) is 0 Å². The molecule has 2 aromatic rings. The summed E-state index contributed by atoms with van der Waals surface area (Å²) in [5, 5.41) is 3.03. The van der Waals surface area contributed by atoms with E-state index in [1.165, 1.54) is 0 Å². The highest BCUT2D eigenvalue weighted by molar-refractivity contribution is 7.98. The van der Waals surface area contributed by atoms with Gasteiger partial charge in [0.1, 0.15) is 5.76 Å². The Morgan fingerprint density at radius 1 is 1.25 bits per heavy atom. The molecule has 1 aliphatic heterocycles. The van der Waals surface area contributed by atoms with Crippen molar-refractivity contribution in [3.8, 4) is 0 Å². The van der Waals surface area contributed by atoms with Gasteiger partial charge in [-0.25, -0.2) is 4.79 Å². The van der Waals surface area contributed by atoms with Gasteiger partial charge in [0.25, 0.3) is 0 Å². The van der Waals surface area contributed by atoms with Gasteiger partial charge in [-0.05, 0) is 55.2 Å². The van der Waals surface area contributed by atoms with Gasteiger partial charge >= 0.3 is 6.03 Å². The Hall–Kier alpha value is -1.88. The van der Waals surface area contributed by atoms with E-state index >= 15 is 0 Å². The predicted molar refractivity (Wildman–Crippen MR) is 99.4 cm³/mol. The number of para-hydroxylation sites is 1. The van der Waals surface area contributed by atoms with Crippen molar-refractivity contribution in [3.05, 3.63) is 54.0 Å². The van der Waals surface area contributed by atoms with Crippen LogP contribution in [0.25, 0.3) is 0 Å². The molecule has 1 aromatic carbocycles. The first-order valence-electron chi connectivity index (χ1n) is 8.44. The Morgan fingerprint density at radius 2 is 2.04 bits per heavy atom. The van der Waals surface area contributed by atoms with E-state index in [1.54, 1.807) is 6.26 Å². The number of rotatable bonds is 5. The topological polar surface area (TPSA) is 45.5 Å². The average Bonchev–Trinajstić information content (AvgIpc) is 3.11. The summed E-state index contributed by atoms with van der Waals surface area (Å²) in [4.78, 5) is 14.3. The lowest BCUT2D eigenvalue weighted by molar-refractivity contribution is 0.187. The molecule has 1 N–H and O–H groups in total. The number of anilines is 1. The fraction of sp³-hybridized carbons (Fsp3) is 0.421. The molecule has 5 heteroatoms. The number of thioether (sulfide) groups is 1. The fourth-order valence-electron chi connectivity index (χ4n) is 2.93. The van der Waals surface area contributed by atoms with E-state index in [0.717, 1.165) is 54.4 Å². The van der Waals surface area contributed by atoms with Gasteiger partial charge in [0.15, 0.2) is 0 Å². The van der Waals surface area contributed by atoms with Crippen molar-refractivity contribution >= 4 is 23.5 Å². The largest absolute Gasteiger partial charge is 0.468 e. The van der Waals surface area contributed by atoms with Gasteiger partial charge in [0, 0.05) is 18.8 Å². The Kier molecular flexibility index (Phi) is 5.86. The third-order valence-electron chi connectivity index (χ3n) is 4.47. The molecule has 0 saturated carbocycles. The number of amides is 2. The van der Waals surface area contributed by atoms with Crippen LogP contribution in [-0.2, 0) is 5.75 Å². The molecule has 4 nitrogen and oxygen atoms in total. The summed E-state index contributed by atoms with van der Waals surface area (Å²) in [5.41, 5.74) is 1.99. The van der Waals surface area contributed by atoms with E-state index in [-0.39, 0.29) is 6.03 Å². The highest BCUT2D eigenvalue weighted by Gasteiger charge is 2.23. The Balaban J connectivity index is 1.40. The van der Waals surface area contributed by atoms with Crippen LogP contribution in [0.15, 0.2) is 47.1 Å². The van der Waals surface area contributed by atoms with E-state index in [0.29, 0.717) is 5.92 Å². The molecule has 1 aliphatic rings. The molecule has 0 aliphatic carbocycles. The maximum atomic E-state index is 12.4. The summed E-state index contributed by atoms with van der Waals surface area (Å²) in [6.07, 6.45) is 3.88. The molecule has 1 saturated heterocycles. The van der Waals surface area contributed by atoms with Gasteiger partial charge in [0.05, 0.1) is 12.0 Å². The summed E-state index contributed by atoms with van der Waals surface area (Å²) >= 11 is 1.92. The Bertz CT molecular complexity index is 649. The number of carbonyl (C=O) groups excluding carboxylic acids is 1. The second kappa shape index (κ2) is 8.29. The zero-order valence-corrected chi connectivity index (χ0v) is 14.8. The van der Waals surface area contributed by atoms with Crippen molar-refractivity contribution in [2.45, 2.75) is 25.5 Å². The number of nitrogens with zero attached hydrogens (tertiary/aromatic N) is 1. The van der Waals surface area contributed by atoms with Gasteiger partial charge in [-0.2, -0.15) is 11.8 Å². The number of likely N-dealkylation sites (tertiary alicyclic amines) is 1. The van der Waals surface area contributed by atoms with Crippen LogP contribution in [0.1, 0.15) is 24.2 Å². The first kappa shape index (κ1) is 17.0. The molecule has 128 valence electrons. The normalized spacial score (nSPS) is 15.5. The molecule has 0 spiro atoms. The van der Waals surface area contributed by atoms with Crippen LogP contribution in [0.4, 0.5) is 10.5 Å². The summed E-state index contributed by atoms with van der Waals surface area (Å²) < 4.78 is 5.36. The highest BCUT2D eigenvalue weighted by Crippen LogP contribution is 2.24. The summed E-state index contributed by atoms with van der Waals surface area (Å²) in [7, 11) is 0. The number of hydrogen-bond acceptors (Lipinski definition) is 3. The summed E-state index contributed by atoms with van der Waals surface area (Å²) in [5.74, 6) is 3.79. The molecule has 3 rings (SSSR count). The van der Waals surface area contributed by atoms with E-state index < -0.39 is 0 Å². The lowest BCUT2D eigenvalue weighted by Crippen LogP contribution is -2.41. The minimum Gasteiger partial charge on any atom is -0.468 e. The smallest absolute Gasteiger partial charge is 0.321 e. The van der Waals surface area contributed by atoms with Gasteiger partial charge in [-0.1, -0.05) is 18.2 Å². The van der Waals surface area contributed by atoms with Crippen molar-refractivity contribution < 1.29 is 9.21 Å². The van der Waals surface area contributed by atoms with Crippen LogP contribution < -0.4 is 5.32 Å². The van der Waals surface area contributed by atoms with E-state index in [1.807, 2.05) is 60.0 Å². The summed E-state index contributed by atoms with van der Waals surface area (Å²) in [6, 6.07) is 11.9. The van der Waals surface area contributed by atoms with Gasteiger partial charge in [0.2, 0.25) is 0 Å². The minimum atomic E-state index is 0.0194. The number of piperidine rings is 1. The van der Waals surface area contributed by atoms with E-state index in [4.69, 9.17) is 4.42 Å². The quantitative estimate of drug-likeness (QED) is 0.850. The number of furan rings is 1. The SMILES string of the molecule is Cc1ccccc1NC(=O)N1CCC(CSCc2ccco2)CC1. The molecule has 0 atom stereocenters. The molecule has 0 unspecified atom stereocenters. The second-order valence-electron chi connectivity index (χ2n) is 6.27. The zero-order chi connectivity index (χ0) is 16.8. The van der Waals surface area contributed by atoms with E-state index in [2.05, 4.69) is 5.32 Å². The third kappa shape index (κ3) is 4.57. The number of urea groups is 1. The Labute approximate surface area is 147 Å². The van der Waals surface area contributed by atoms with Gasteiger partial charge < -0.3 is 14.6 Å². The van der Waals surface area contributed by atoms with Gasteiger partial charge in [-0.15, -0.1) is 0 Å². The van der Waals surface area contributed by atoms with Crippen LogP contribution in [0, 0.1) is 12.8 Å². The minimum absolute atomic E-state index is 0.0194. The molecule has 0 bridgehead atoms. The second-order valence-corrected chi connectivity index (χ2v) is 7.30. The molecule has 24 heavy (non-hydrogen) atoms. The molecular formula is C19H24N2O2S. The molecule has 2 amide bonds. The Morgan fingerprint density at radius 3 is 2.75 bits per heavy atom. The van der Waals surface area contributed by atoms with Crippen molar-refractivity contribution in [3.63, 3.8) is 0 Å². The number of nitrogens with one attached hydrogen (secondary N) is 1. The lowest BCUT2D eigenvalue weighted by atomic mass is 9.99. The zero-order valence-electron chi connectivity index (χ0n) is 14.0. The van der Waals surface area contributed by atoms with Crippen LogP contribution in [0.2, 0.25) is 0 Å². The lowest BCUT2D eigenvalue weighted by Gasteiger charge is -2.32. The first-order chi connectivity index (χ1) is 11.7. The van der Waals surface area contributed by atoms with Crippen molar-refractivity contribution in [2.24, 2.45) is 5.92 Å². The van der Waals surface area contributed by atoms with E-state index in [9.17, 15) is 4.79 Å². The maximum absolute atomic E-state index is 12.4. The molecule has 2 heterocycles. The predicted octanol–water partition coefficient (Wildman–Crippen LogP) is 4.77. The number of carbonyl (C=O) groups is 1. The van der Waals surface area contributed by atoms with Crippen LogP contribution in [0.5, 0.6) is 0 Å². The van der Waals surface area contributed by atoms with Crippen molar-refractivity contribution in [1.29, 1.82) is 0 Å². The van der Waals surface area contributed by atoms with Crippen molar-refractivity contribution in [2.75, 3.05) is 24.2 Å². The molecular weight excluding hydrogens is 320 g/mol. The molecule has 0 radical (unpaired) electrons. The standard InChI is InChI=1S/C19H24N2O2S/c1-15-5-2-3-7-18(15)20-19(22)21-10-8-16(9-11-21)13-24-14-17-6-4-12-23-17/h2-7,12,16H,8-11,13-14H2,1H3,(H,20,22). The van der Waals surface area contributed by atoms with Crippen LogP contribution in [-0.4, -0.2) is 29.8 Å². The summed E-state index contributed by atoms with van der Waals surface area (Å²) in [6.45, 7) is 3.69. The molecule has 1 aromatic heterocycles. The third-order valence-corrected chi connectivity index (χ3v) is 5.66. The highest BCUT2D eigenvalue weighted by atomic mass is 32.2. The number of aryl methyl sites for hydroxylation is 1. The van der Waals surface area contributed by atoms with Gasteiger partial charge in [-0.3, -0.25) is 0 Å². The number of benzene rings is 1. The first-order valence-corrected chi connectivity index (χ1v) is 9.59. The van der Waals surface area contributed by atoms with Crippen molar-refractivity contribution in [1.82, 2.24) is 4.90 Å². The average molecular weight is 344 g/mol. The monoisotopic (exact) mass is 344 g/mol. The fourth-order valence-corrected chi connectivity index (χ4v) is 4.08. The maximum Gasteiger partial charge on any atom is 0.321 e. The van der Waals surface area contributed by atoms with Crippen LogP contribution >= 0.6 is 11.8 Å².